The van der Waals surface area contributed by atoms with Gasteiger partial charge in [-0.1, -0.05) is 6.07 Å². The topological polar surface area (TPSA) is 71.1 Å². The van der Waals surface area contributed by atoms with Gasteiger partial charge in [-0.2, -0.15) is 5.26 Å². The molecule has 0 aliphatic rings. The normalized spacial score (nSPS) is 8.79. The first-order valence-electron chi connectivity index (χ1n) is 3.88. The molecule has 3 N–H and O–H groups in total. The molecule has 0 bridgehead atoms. The fourth-order valence-corrected chi connectivity index (χ4v) is 1.04. The Morgan fingerprint density at radius 2 is 2.43 bits per heavy atom. The molecule has 0 atom stereocenters. The van der Waals surface area contributed by atoms with Crippen LogP contribution in [0.15, 0.2) is 24.3 Å². The van der Waals surface area contributed by atoms with Crippen LogP contribution in [0, 0.1) is 11.3 Å². The molecule has 14 heavy (non-hydrogen) atoms. The third-order valence-corrected chi connectivity index (χ3v) is 1.51. The van der Waals surface area contributed by atoms with Gasteiger partial charge in [0.2, 0.25) is 0 Å². The van der Waals surface area contributed by atoms with Gasteiger partial charge in [0.25, 0.3) is 0 Å². The minimum absolute atomic E-state index is 0.0243. The molecule has 0 amide bonds. The molecule has 5 heteroatoms. The Balaban J connectivity index is 2.69. The van der Waals surface area contributed by atoms with Gasteiger partial charge in [0, 0.05) is 11.8 Å². The molecule has 1 aromatic carbocycles. The zero-order chi connectivity index (χ0) is 10.4. The molecule has 0 aliphatic heterocycles. The van der Waals surface area contributed by atoms with Crippen LogP contribution in [0.4, 0.5) is 5.69 Å². The van der Waals surface area contributed by atoms with Crippen LogP contribution in [0.3, 0.4) is 0 Å². The molecule has 0 fully saturated rings. The number of rotatable bonds is 3. The summed E-state index contributed by atoms with van der Waals surface area (Å²) in [5.74, 6) is 0.604. The maximum absolute atomic E-state index is 8.31. The third-order valence-electron chi connectivity index (χ3n) is 1.40. The van der Waals surface area contributed by atoms with E-state index in [0.29, 0.717) is 5.75 Å². The number of thiocarbonyl (C=S) groups is 1. The van der Waals surface area contributed by atoms with Crippen molar-refractivity contribution in [2.45, 2.75) is 0 Å². The summed E-state index contributed by atoms with van der Waals surface area (Å²) in [7, 11) is 0. The summed E-state index contributed by atoms with van der Waals surface area (Å²) in [6.07, 6.45) is 0. The molecule has 0 radical (unpaired) electrons. The van der Waals surface area contributed by atoms with Gasteiger partial charge >= 0.3 is 0 Å². The average Bonchev–Trinajstić information content (AvgIpc) is 2.14. The molecule has 0 saturated heterocycles. The van der Waals surface area contributed by atoms with Crippen LogP contribution in [-0.4, -0.2) is 11.7 Å². The summed E-state index contributed by atoms with van der Waals surface area (Å²) in [5, 5.41) is 11.3. The quantitative estimate of drug-likeness (QED) is 0.730. The highest BCUT2D eigenvalue weighted by atomic mass is 32.1. The average molecular weight is 207 g/mol. The first kappa shape index (κ1) is 10.3. The standard InChI is InChI=1S/C9H9N3OS/c10-4-5-13-8-3-1-2-7(6-8)12-9(11)14/h1-3,6H,5H2,(H3,11,12,14). The summed E-state index contributed by atoms with van der Waals surface area (Å²) >= 11 is 4.68. The molecular weight excluding hydrogens is 198 g/mol. The summed E-state index contributed by atoms with van der Waals surface area (Å²) in [6.45, 7) is 0.0243. The number of nitriles is 1. The van der Waals surface area contributed by atoms with Crippen LogP contribution in [-0.2, 0) is 0 Å². The first-order valence-corrected chi connectivity index (χ1v) is 4.29. The molecule has 4 nitrogen and oxygen atoms in total. The minimum Gasteiger partial charge on any atom is -0.479 e. The summed E-state index contributed by atoms with van der Waals surface area (Å²) in [5.41, 5.74) is 6.05. The number of hydrogen-bond acceptors (Lipinski definition) is 3. The van der Waals surface area contributed by atoms with Gasteiger partial charge in [-0.05, 0) is 24.4 Å². The zero-order valence-electron chi connectivity index (χ0n) is 7.36. The largest absolute Gasteiger partial charge is 0.479 e. The number of hydrogen-bond donors (Lipinski definition) is 2. The van der Waals surface area contributed by atoms with Crippen LogP contribution in [0.1, 0.15) is 0 Å². The van der Waals surface area contributed by atoms with Gasteiger partial charge in [0.05, 0.1) is 0 Å². The summed E-state index contributed by atoms with van der Waals surface area (Å²) in [4.78, 5) is 0. The number of benzene rings is 1. The molecule has 1 rings (SSSR count). The Labute approximate surface area is 87.3 Å². The third kappa shape index (κ3) is 3.29. The minimum atomic E-state index is 0.0243. The van der Waals surface area contributed by atoms with Gasteiger partial charge in [0.15, 0.2) is 11.7 Å². The SMILES string of the molecule is N#CCOc1cccc(NC(N)=S)c1. The van der Waals surface area contributed by atoms with Crippen LogP contribution in [0.25, 0.3) is 0 Å². The number of ether oxygens (including phenoxy) is 1. The predicted molar refractivity (Wildman–Crippen MR) is 58.0 cm³/mol. The van der Waals surface area contributed by atoms with Crippen molar-refractivity contribution >= 4 is 23.0 Å². The molecule has 0 unspecified atom stereocenters. The van der Waals surface area contributed by atoms with E-state index in [1.54, 1.807) is 24.3 Å². The highest BCUT2D eigenvalue weighted by Gasteiger charge is 1.96. The monoisotopic (exact) mass is 207 g/mol. The number of nitrogens with two attached hydrogens (primary N) is 1. The van der Waals surface area contributed by atoms with Gasteiger partial charge in [-0.3, -0.25) is 0 Å². The Kier molecular flexibility index (Phi) is 3.70. The van der Waals surface area contributed by atoms with E-state index in [-0.39, 0.29) is 11.7 Å². The smallest absolute Gasteiger partial charge is 0.174 e. The molecule has 0 aliphatic carbocycles. The Morgan fingerprint density at radius 3 is 3.07 bits per heavy atom. The van der Waals surface area contributed by atoms with Crippen molar-refractivity contribution in [1.82, 2.24) is 0 Å². The molecule has 1 aromatic rings. The lowest BCUT2D eigenvalue weighted by molar-refractivity contribution is 0.368. The van der Waals surface area contributed by atoms with Crippen molar-refractivity contribution in [3.05, 3.63) is 24.3 Å². The van der Waals surface area contributed by atoms with Crippen molar-refractivity contribution < 1.29 is 4.74 Å². The van der Waals surface area contributed by atoms with Gasteiger partial charge < -0.3 is 15.8 Å². The van der Waals surface area contributed by atoms with Crippen molar-refractivity contribution in [3.63, 3.8) is 0 Å². The second-order valence-electron chi connectivity index (χ2n) is 2.46. The fraction of sp³-hybridized carbons (Fsp3) is 0.111. The fourth-order valence-electron chi connectivity index (χ4n) is 0.922. The zero-order valence-corrected chi connectivity index (χ0v) is 8.17. The van der Waals surface area contributed by atoms with E-state index in [0.717, 1.165) is 5.69 Å². The number of nitrogens with zero attached hydrogens (tertiary/aromatic N) is 1. The molecule has 0 saturated carbocycles. The van der Waals surface area contributed by atoms with E-state index >= 15 is 0 Å². The van der Waals surface area contributed by atoms with Crippen molar-refractivity contribution in [2.75, 3.05) is 11.9 Å². The lowest BCUT2D eigenvalue weighted by Crippen LogP contribution is -2.18. The van der Waals surface area contributed by atoms with E-state index in [1.807, 2.05) is 6.07 Å². The van der Waals surface area contributed by atoms with Crippen LogP contribution in [0.2, 0.25) is 0 Å². The Hall–Kier alpha value is -1.80. The molecule has 0 heterocycles. The van der Waals surface area contributed by atoms with Crippen LogP contribution in [0.5, 0.6) is 5.75 Å². The van der Waals surface area contributed by atoms with E-state index < -0.39 is 0 Å². The van der Waals surface area contributed by atoms with Gasteiger partial charge in [-0.15, -0.1) is 0 Å². The number of nitrogens with one attached hydrogen (secondary N) is 1. The lowest BCUT2D eigenvalue weighted by atomic mass is 10.3. The maximum Gasteiger partial charge on any atom is 0.174 e. The van der Waals surface area contributed by atoms with Gasteiger partial charge in [0.1, 0.15) is 11.8 Å². The first-order chi connectivity index (χ1) is 6.72. The van der Waals surface area contributed by atoms with Gasteiger partial charge in [-0.25, -0.2) is 0 Å². The molecular formula is C9H9N3OS. The summed E-state index contributed by atoms with van der Waals surface area (Å²) in [6, 6.07) is 8.94. The predicted octanol–water partition coefficient (Wildman–Crippen LogP) is 1.24. The number of anilines is 1. The van der Waals surface area contributed by atoms with Crippen LogP contribution < -0.4 is 15.8 Å². The van der Waals surface area contributed by atoms with Crippen molar-refractivity contribution in [2.24, 2.45) is 5.73 Å². The van der Waals surface area contributed by atoms with E-state index in [2.05, 4.69) is 17.5 Å². The van der Waals surface area contributed by atoms with E-state index in [4.69, 9.17) is 15.7 Å². The second kappa shape index (κ2) is 5.04. The molecule has 0 aromatic heterocycles. The second-order valence-corrected chi connectivity index (χ2v) is 2.90. The van der Waals surface area contributed by atoms with Crippen molar-refractivity contribution in [1.29, 1.82) is 5.26 Å². The van der Waals surface area contributed by atoms with Crippen molar-refractivity contribution in [3.8, 4) is 11.8 Å². The van der Waals surface area contributed by atoms with Crippen LogP contribution >= 0.6 is 12.2 Å². The Bertz CT molecular complexity index is 373. The highest BCUT2D eigenvalue weighted by molar-refractivity contribution is 7.80. The van der Waals surface area contributed by atoms with E-state index in [1.165, 1.54) is 0 Å². The van der Waals surface area contributed by atoms with E-state index in [9.17, 15) is 0 Å². The lowest BCUT2D eigenvalue weighted by Gasteiger charge is -2.06. The Morgan fingerprint density at radius 1 is 1.64 bits per heavy atom. The molecule has 0 spiro atoms. The maximum atomic E-state index is 8.31. The molecule has 72 valence electrons. The summed E-state index contributed by atoms with van der Waals surface area (Å²) < 4.78 is 5.09. The highest BCUT2D eigenvalue weighted by Crippen LogP contribution is 2.16.